The maximum Gasteiger partial charge on any atom is 0.326 e. The molecule has 0 aliphatic heterocycles. The van der Waals surface area contributed by atoms with Crippen LogP contribution in [0.3, 0.4) is 0 Å². The zero-order chi connectivity index (χ0) is 19.2. The summed E-state index contributed by atoms with van der Waals surface area (Å²) in [7, 11) is 4.82. The van der Waals surface area contributed by atoms with E-state index < -0.39 is 24.0 Å². The number of nitrogens with one attached hydrogen (secondary N) is 2. The van der Waals surface area contributed by atoms with Gasteiger partial charge in [0.25, 0.3) is 0 Å². The maximum atomic E-state index is 12.0. The first-order valence-corrected chi connectivity index (χ1v) is 7.71. The first-order valence-electron chi connectivity index (χ1n) is 7.71. The molecule has 0 fully saturated rings. The van der Waals surface area contributed by atoms with Crippen LogP contribution in [0.25, 0.3) is 0 Å². The number of hydrogen-bond donors (Lipinski definition) is 4. The Kier molecular flexibility index (Phi) is 11.6. The molecule has 4 N–H and O–H groups in total. The number of aliphatic carboxylic acids is 1. The lowest BCUT2D eigenvalue weighted by atomic mass is 10.0. The predicted octanol–water partition coefficient (Wildman–Crippen LogP) is 0.334. The van der Waals surface area contributed by atoms with Crippen molar-refractivity contribution in [1.82, 2.24) is 10.6 Å². The monoisotopic (exact) mass is 354 g/mol. The lowest BCUT2D eigenvalue weighted by Gasteiger charge is -2.19. The zero-order valence-electron chi connectivity index (χ0n) is 14.7. The van der Waals surface area contributed by atoms with Gasteiger partial charge in [-0.1, -0.05) is 12.1 Å². The third-order valence-corrected chi connectivity index (χ3v) is 3.23. The van der Waals surface area contributed by atoms with Crippen LogP contribution < -0.4 is 10.6 Å². The Hall–Kier alpha value is -2.45. The highest BCUT2D eigenvalue weighted by atomic mass is 16.4. The molecule has 0 saturated heterocycles. The number of phenols is 1. The topological polar surface area (TPSA) is 125 Å². The highest BCUT2D eigenvalue weighted by molar-refractivity contribution is 5.87. The Labute approximate surface area is 147 Å². The van der Waals surface area contributed by atoms with Crippen LogP contribution in [0, 0.1) is 0 Å². The van der Waals surface area contributed by atoms with Gasteiger partial charge in [0.15, 0.2) is 0 Å². The van der Waals surface area contributed by atoms with E-state index in [-0.39, 0.29) is 18.6 Å². The Balaban J connectivity index is 0.00000178. The van der Waals surface area contributed by atoms with Crippen LogP contribution in [0.1, 0.15) is 18.4 Å². The van der Waals surface area contributed by atoms with E-state index in [0.29, 0.717) is 18.3 Å². The Bertz CT molecular complexity index is 532. The molecule has 1 aromatic carbocycles. The minimum atomic E-state index is -1.15. The molecule has 0 heterocycles. The zero-order valence-corrected chi connectivity index (χ0v) is 14.7. The molecular formula is C17H26N2O6. The molecular weight excluding hydrogens is 328 g/mol. The summed E-state index contributed by atoms with van der Waals surface area (Å²) in [6.07, 6.45) is 1.33. The highest BCUT2D eigenvalue weighted by Gasteiger charge is 2.24. The van der Waals surface area contributed by atoms with Gasteiger partial charge in [-0.15, -0.1) is 0 Å². The van der Waals surface area contributed by atoms with Crippen molar-refractivity contribution in [3.63, 3.8) is 0 Å². The number of ether oxygens (including phenoxy) is 1. The van der Waals surface area contributed by atoms with Gasteiger partial charge in [-0.25, -0.2) is 4.79 Å². The van der Waals surface area contributed by atoms with Gasteiger partial charge in [0.05, 0.1) is 6.04 Å². The van der Waals surface area contributed by atoms with Crippen molar-refractivity contribution in [3.8, 4) is 5.75 Å². The van der Waals surface area contributed by atoms with Crippen LogP contribution in [0.15, 0.2) is 24.3 Å². The molecule has 0 spiro atoms. The number of carbonyl (C=O) groups is 3. The van der Waals surface area contributed by atoms with Crippen LogP contribution >= 0.6 is 0 Å². The van der Waals surface area contributed by atoms with Crippen molar-refractivity contribution < 1.29 is 29.3 Å². The van der Waals surface area contributed by atoms with E-state index in [4.69, 9.17) is 0 Å². The van der Waals surface area contributed by atoms with Gasteiger partial charge in [-0.05, 0) is 31.2 Å². The number of phenolic OH excluding ortho intramolecular Hbond substituents is 1. The number of carbonyl (C=O) groups excluding carboxylic acids is 2. The molecule has 0 aliphatic carbocycles. The van der Waals surface area contributed by atoms with E-state index in [9.17, 15) is 24.6 Å². The van der Waals surface area contributed by atoms with Crippen LogP contribution in [-0.2, 0) is 25.5 Å². The number of benzene rings is 1. The molecule has 25 heavy (non-hydrogen) atoms. The van der Waals surface area contributed by atoms with Crippen LogP contribution in [0.2, 0.25) is 0 Å². The van der Waals surface area contributed by atoms with Crippen molar-refractivity contribution in [2.45, 2.75) is 31.3 Å². The number of carboxylic acids is 1. The molecule has 1 rings (SSSR count). The van der Waals surface area contributed by atoms with Crippen molar-refractivity contribution in [2.75, 3.05) is 21.3 Å². The van der Waals surface area contributed by atoms with Gasteiger partial charge in [0.2, 0.25) is 5.91 Å². The summed E-state index contributed by atoms with van der Waals surface area (Å²) >= 11 is 0. The Morgan fingerprint density at radius 1 is 1.20 bits per heavy atom. The summed E-state index contributed by atoms with van der Waals surface area (Å²) in [5.74, 6) is -1.52. The normalized spacial score (nSPS) is 12.3. The van der Waals surface area contributed by atoms with E-state index in [1.165, 1.54) is 12.1 Å². The summed E-state index contributed by atoms with van der Waals surface area (Å²) in [5.41, 5.74) is 0.680. The Morgan fingerprint density at radius 3 is 2.20 bits per heavy atom. The minimum absolute atomic E-state index is 0.0868. The number of aldehydes is 1. The van der Waals surface area contributed by atoms with Crippen molar-refractivity contribution in [1.29, 1.82) is 0 Å². The number of aromatic hydroxyl groups is 1. The van der Waals surface area contributed by atoms with Gasteiger partial charge < -0.3 is 30.4 Å². The molecule has 0 saturated carbocycles. The SMILES string of the molecule is CNC(CCC=O)C(=O)NC(Cc1ccc(O)cc1)C(=O)O.COC. The van der Waals surface area contributed by atoms with Gasteiger partial charge >= 0.3 is 5.97 Å². The molecule has 0 aromatic heterocycles. The molecule has 1 aromatic rings. The third kappa shape index (κ3) is 9.43. The molecule has 0 radical (unpaired) electrons. The maximum absolute atomic E-state index is 12.0. The average Bonchev–Trinajstić information content (AvgIpc) is 2.57. The Morgan fingerprint density at radius 2 is 1.76 bits per heavy atom. The fraction of sp³-hybridized carbons (Fsp3) is 0.471. The van der Waals surface area contributed by atoms with Gasteiger partial charge in [0, 0.05) is 27.1 Å². The summed E-state index contributed by atoms with van der Waals surface area (Å²) in [6, 6.07) is 4.40. The molecule has 2 atom stereocenters. The number of likely N-dealkylation sites (N-methyl/N-ethyl adjacent to an activating group) is 1. The summed E-state index contributed by atoms with van der Waals surface area (Å²) in [5, 5.41) is 23.7. The molecule has 0 bridgehead atoms. The first-order chi connectivity index (χ1) is 11.9. The second-order valence-corrected chi connectivity index (χ2v) is 5.26. The highest BCUT2D eigenvalue weighted by Crippen LogP contribution is 2.11. The van der Waals surface area contributed by atoms with E-state index in [2.05, 4.69) is 15.4 Å². The molecule has 8 nitrogen and oxygen atoms in total. The summed E-state index contributed by atoms with van der Waals surface area (Å²) < 4.78 is 4.25. The lowest BCUT2D eigenvalue weighted by molar-refractivity contribution is -0.142. The fourth-order valence-electron chi connectivity index (χ4n) is 1.98. The van der Waals surface area contributed by atoms with Crippen molar-refractivity contribution >= 4 is 18.2 Å². The van der Waals surface area contributed by atoms with Crippen molar-refractivity contribution in [3.05, 3.63) is 29.8 Å². The molecule has 2 unspecified atom stereocenters. The predicted molar refractivity (Wildman–Crippen MR) is 92.5 cm³/mol. The minimum Gasteiger partial charge on any atom is -0.508 e. The molecule has 140 valence electrons. The van der Waals surface area contributed by atoms with E-state index >= 15 is 0 Å². The van der Waals surface area contributed by atoms with Gasteiger partial charge in [-0.3, -0.25) is 4.79 Å². The number of hydrogen-bond acceptors (Lipinski definition) is 6. The quantitative estimate of drug-likeness (QED) is 0.471. The second-order valence-electron chi connectivity index (χ2n) is 5.26. The number of amides is 1. The smallest absolute Gasteiger partial charge is 0.326 e. The van der Waals surface area contributed by atoms with E-state index in [1.807, 2.05) is 0 Å². The van der Waals surface area contributed by atoms with E-state index in [0.717, 1.165) is 0 Å². The number of methoxy groups -OCH3 is 1. The van der Waals surface area contributed by atoms with Crippen molar-refractivity contribution in [2.24, 2.45) is 0 Å². The first kappa shape index (κ1) is 22.6. The average molecular weight is 354 g/mol. The molecule has 1 amide bonds. The van der Waals surface area contributed by atoms with E-state index in [1.54, 1.807) is 33.4 Å². The van der Waals surface area contributed by atoms with Crippen LogP contribution in [-0.4, -0.2) is 61.7 Å². The lowest BCUT2D eigenvalue weighted by Crippen LogP contribution is -2.50. The van der Waals surface area contributed by atoms with Crippen LogP contribution in [0.4, 0.5) is 0 Å². The summed E-state index contributed by atoms with van der Waals surface area (Å²) in [6.45, 7) is 0. The largest absolute Gasteiger partial charge is 0.508 e. The fourth-order valence-corrected chi connectivity index (χ4v) is 1.98. The second kappa shape index (κ2) is 12.9. The summed E-state index contributed by atoms with van der Waals surface area (Å²) in [4.78, 5) is 33.7. The number of carboxylic acid groups (broad SMARTS) is 1. The molecule has 0 aliphatic rings. The van der Waals surface area contributed by atoms with Gasteiger partial charge in [0.1, 0.15) is 18.1 Å². The van der Waals surface area contributed by atoms with Crippen LogP contribution in [0.5, 0.6) is 5.75 Å². The third-order valence-electron chi connectivity index (χ3n) is 3.23. The standard InChI is InChI=1S/C15H20N2O5.C2H6O/c1-16-12(3-2-8-18)14(20)17-13(15(21)22)9-10-4-6-11(19)7-5-10;1-3-2/h4-8,12-13,16,19H,2-3,9H2,1H3,(H,17,20)(H,21,22);1-2H3. The molecule has 8 heteroatoms. The number of rotatable bonds is 9. The van der Waals surface area contributed by atoms with Gasteiger partial charge in [-0.2, -0.15) is 0 Å².